The van der Waals surface area contributed by atoms with E-state index in [9.17, 15) is 13.2 Å². The summed E-state index contributed by atoms with van der Waals surface area (Å²) in [4.78, 5) is 11.8. The van der Waals surface area contributed by atoms with Gasteiger partial charge in [-0.2, -0.15) is 0 Å². The van der Waals surface area contributed by atoms with Crippen LogP contribution in [0.5, 0.6) is 0 Å². The second kappa shape index (κ2) is 7.74. The Morgan fingerprint density at radius 3 is 2.43 bits per heavy atom. The van der Waals surface area contributed by atoms with E-state index in [-0.39, 0.29) is 35.7 Å². The molecule has 1 unspecified atom stereocenters. The standard InChI is InChI=1S/C13H21N3O3S.ClH/c1-9-5-6-11(15-13(17)7-10(2)14)8-12(9)20(18,19)16(3)4;/h5-6,8,10H,7,14H2,1-4H3,(H,15,17);1H. The van der Waals surface area contributed by atoms with E-state index in [4.69, 9.17) is 5.73 Å². The molecule has 1 aromatic rings. The maximum absolute atomic E-state index is 12.2. The summed E-state index contributed by atoms with van der Waals surface area (Å²) >= 11 is 0. The molecule has 120 valence electrons. The SMILES string of the molecule is Cc1ccc(NC(=O)CC(C)N)cc1S(=O)(=O)N(C)C.Cl. The van der Waals surface area contributed by atoms with Gasteiger partial charge in [-0.15, -0.1) is 12.4 Å². The molecule has 0 saturated carbocycles. The van der Waals surface area contributed by atoms with Crippen LogP contribution in [0.1, 0.15) is 18.9 Å². The summed E-state index contributed by atoms with van der Waals surface area (Å²) in [5, 5.41) is 2.65. The van der Waals surface area contributed by atoms with Crippen LogP contribution in [0.4, 0.5) is 5.69 Å². The quantitative estimate of drug-likeness (QED) is 0.849. The molecule has 0 aliphatic heterocycles. The Hall–Kier alpha value is -1.15. The first-order chi connectivity index (χ1) is 9.14. The number of nitrogens with two attached hydrogens (primary N) is 1. The fourth-order valence-electron chi connectivity index (χ4n) is 1.66. The predicted molar refractivity (Wildman–Crippen MR) is 86.2 cm³/mol. The number of sulfonamides is 1. The highest BCUT2D eigenvalue weighted by molar-refractivity contribution is 7.89. The molecule has 3 N–H and O–H groups in total. The fraction of sp³-hybridized carbons (Fsp3) is 0.462. The molecule has 0 fully saturated rings. The summed E-state index contributed by atoms with van der Waals surface area (Å²) in [6.07, 6.45) is 0.184. The molecule has 1 atom stereocenters. The van der Waals surface area contributed by atoms with Gasteiger partial charge < -0.3 is 11.1 Å². The molecule has 1 aromatic carbocycles. The smallest absolute Gasteiger partial charge is 0.242 e. The molecule has 8 heteroatoms. The lowest BCUT2D eigenvalue weighted by Gasteiger charge is -2.15. The van der Waals surface area contributed by atoms with Gasteiger partial charge >= 0.3 is 0 Å². The van der Waals surface area contributed by atoms with Crippen molar-refractivity contribution in [2.75, 3.05) is 19.4 Å². The van der Waals surface area contributed by atoms with Crippen LogP contribution in [0.3, 0.4) is 0 Å². The number of rotatable bonds is 5. The van der Waals surface area contributed by atoms with Crippen molar-refractivity contribution in [3.05, 3.63) is 23.8 Å². The Morgan fingerprint density at radius 2 is 1.95 bits per heavy atom. The Morgan fingerprint density at radius 1 is 1.38 bits per heavy atom. The monoisotopic (exact) mass is 335 g/mol. The van der Waals surface area contributed by atoms with Gasteiger partial charge in [0.1, 0.15) is 0 Å². The number of anilines is 1. The number of amides is 1. The van der Waals surface area contributed by atoms with Crippen molar-refractivity contribution >= 4 is 34.0 Å². The maximum atomic E-state index is 12.2. The highest BCUT2D eigenvalue weighted by Gasteiger charge is 2.20. The normalized spacial score (nSPS) is 12.7. The summed E-state index contributed by atoms with van der Waals surface area (Å²) in [7, 11) is -0.595. The van der Waals surface area contributed by atoms with Crippen molar-refractivity contribution in [1.82, 2.24) is 4.31 Å². The van der Waals surface area contributed by atoms with Gasteiger partial charge in [-0.1, -0.05) is 6.07 Å². The molecule has 0 aliphatic carbocycles. The van der Waals surface area contributed by atoms with Crippen LogP contribution in [-0.2, 0) is 14.8 Å². The average molecular weight is 336 g/mol. The lowest BCUT2D eigenvalue weighted by Crippen LogP contribution is -2.25. The summed E-state index contributed by atoms with van der Waals surface area (Å²) in [5.74, 6) is -0.239. The van der Waals surface area contributed by atoms with E-state index in [1.807, 2.05) is 0 Å². The second-order valence-corrected chi connectivity index (χ2v) is 7.12. The molecule has 6 nitrogen and oxygen atoms in total. The maximum Gasteiger partial charge on any atom is 0.242 e. The first-order valence-corrected chi connectivity index (χ1v) is 7.67. The molecule has 0 radical (unpaired) electrons. The number of carbonyl (C=O) groups excluding carboxylic acids is 1. The van der Waals surface area contributed by atoms with Gasteiger partial charge in [-0.05, 0) is 31.5 Å². The number of carbonyl (C=O) groups is 1. The highest BCUT2D eigenvalue weighted by atomic mass is 35.5. The highest BCUT2D eigenvalue weighted by Crippen LogP contribution is 2.22. The number of halogens is 1. The molecule has 0 spiro atoms. The molecule has 1 rings (SSSR count). The van der Waals surface area contributed by atoms with Crippen LogP contribution in [0.2, 0.25) is 0 Å². The number of aryl methyl sites for hydroxylation is 1. The minimum atomic E-state index is -3.53. The third-order valence-corrected chi connectivity index (χ3v) is 4.69. The molecule has 0 saturated heterocycles. The molecule has 21 heavy (non-hydrogen) atoms. The van der Waals surface area contributed by atoms with Crippen molar-refractivity contribution in [2.45, 2.75) is 31.2 Å². The third-order valence-electron chi connectivity index (χ3n) is 2.74. The summed E-state index contributed by atoms with van der Waals surface area (Å²) in [6.45, 7) is 3.45. The van der Waals surface area contributed by atoms with Crippen LogP contribution in [0.25, 0.3) is 0 Å². The molecule has 0 aliphatic rings. The lowest BCUT2D eigenvalue weighted by molar-refractivity contribution is -0.116. The fourth-order valence-corrected chi connectivity index (χ4v) is 2.80. The Kier molecular flexibility index (Phi) is 7.32. The molecule has 0 bridgehead atoms. The molecule has 0 heterocycles. The van der Waals surface area contributed by atoms with Crippen molar-refractivity contribution in [3.63, 3.8) is 0 Å². The van der Waals surface area contributed by atoms with E-state index >= 15 is 0 Å². The zero-order valence-electron chi connectivity index (χ0n) is 12.6. The van der Waals surface area contributed by atoms with Crippen molar-refractivity contribution in [3.8, 4) is 0 Å². The predicted octanol–water partition coefficient (Wildman–Crippen LogP) is 1.34. The van der Waals surface area contributed by atoms with E-state index in [1.54, 1.807) is 26.0 Å². The molecule has 1 amide bonds. The number of benzene rings is 1. The molecule has 0 aromatic heterocycles. The van der Waals surface area contributed by atoms with Crippen LogP contribution in [0.15, 0.2) is 23.1 Å². The van der Waals surface area contributed by atoms with Crippen LogP contribution < -0.4 is 11.1 Å². The van der Waals surface area contributed by atoms with Gasteiger partial charge in [0.2, 0.25) is 15.9 Å². The summed E-state index contributed by atoms with van der Waals surface area (Å²) < 4.78 is 25.5. The lowest BCUT2D eigenvalue weighted by atomic mass is 10.2. The van der Waals surface area contributed by atoms with Crippen LogP contribution in [-0.4, -0.2) is 38.8 Å². The Balaban J connectivity index is 0.00000400. The minimum Gasteiger partial charge on any atom is -0.327 e. The second-order valence-electron chi connectivity index (χ2n) is 5.00. The van der Waals surface area contributed by atoms with E-state index in [0.717, 1.165) is 4.31 Å². The zero-order valence-corrected chi connectivity index (χ0v) is 14.2. The van der Waals surface area contributed by atoms with Crippen molar-refractivity contribution in [1.29, 1.82) is 0 Å². The Labute approximate surface area is 132 Å². The number of nitrogens with zero attached hydrogens (tertiary/aromatic N) is 1. The van der Waals surface area contributed by atoms with E-state index in [0.29, 0.717) is 11.3 Å². The molecular formula is C13H22ClN3O3S. The van der Waals surface area contributed by atoms with Crippen molar-refractivity contribution < 1.29 is 13.2 Å². The van der Waals surface area contributed by atoms with Gasteiger partial charge in [0.05, 0.1) is 4.90 Å². The minimum absolute atomic E-state index is 0. The third kappa shape index (κ3) is 5.28. The van der Waals surface area contributed by atoms with Gasteiger partial charge in [0, 0.05) is 32.2 Å². The zero-order chi connectivity index (χ0) is 15.5. The Bertz CT molecular complexity index is 601. The van der Waals surface area contributed by atoms with Gasteiger partial charge in [-0.3, -0.25) is 4.79 Å². The van der Waals surface area contributed by atoms with E-state index < -0.39 is 10.0 Å². The van der Waals surface area contributed by atoms with Gasteiger partial charge in [0.25, 0.3) is 0 Å². The molecular weight excluding hydrogens is 314 g/mol. The number of nitrogens with one attached hydrogen (secondary N) is 1. The van der Waals surface area contributed by atoms with E-state index in [1.165, 1.54) is 20.2 Å². The van der Waals surface area contributed by atoms with E-state index in [2.05, 4.69) is 5.32 Å². The van der Waals surface area contributed by atoms with Crippen LogP contribution >= 0.6 is 12.4 Å². The topological polar surface area (TPSA) is 92.5 Å². The first kappa shape index (κ1) is 19.9. The average Bonchev–Trinajstić information content (AvgIpc) is 2.30. The van der Waals surface area contributed by atoms with Crippen molar-refractivity contribution in [2.24, 2.45) is 5.73 Å². The number of hydrogen-bond acceptors (Lipinski definition) is 4. The number of hydrogen-bond donors (Lipinski definition) is 2. The van der Waals surface area contributed by atoms with Gasteiger partial charge in [0.15, 0.2) is 0 Å². The first-order valence-electron chi connectivity index (χ1n) is 6.23. The summed E-state index contributed by atoms with van der Waals surface area (Å²) in [5.41, 5.74) is 6.62. The van der Waals surface area contributed by atoms with Crippen LogP contribution in [0, 0.1) is 6.92 Å². The largest absolute Gasteiger partial charge is 0.327 e. The van der Waals surface area contributed by atoms with Gasteiger partial charge in [-0.25, -0.2) is 12.7 Å². The summed E-state index contributed by atoms with van der Waals surface area (Å²) in [6, 6.07) is 4.55.